The summed E-state index contributed by atoms with van der Waals surface area (Å²) in [5, 5.41) is 0. The molecule has 0 unspecified atom stereocenters. The molecule has 0 saturated heterocycles. The summed E-state index contributed by atoms with van der Waals surface area (Å²) >= 11 is 3.00. The van der Waals surface area contributed by atoms with Gasteiger partial charge >= 0.3 is 5.97 Å². The summed E-state index contributed by atoms with van der Waals surface area (Å²) < 4.78 is 43.1. The lowest BCUT2D eigenvalue weighted by Crippen LogP contribution is -2.36. The molecule has 0 N–H and O–H groups in total. The van der Waals surface area contributed by atoms with E-state index in [0.717, 1.165) is 22.5 Å². The van der Waals surface area contributed by atoms with E-state index >= 15 is 0 Å². The molecule has 0 aromatic heterocycles. The predicted molar refractivity (Wildman–Crippen MR) is 70.5 cm³/mol. The lowest BCUT2D eigenvalue weighted by atomic mass is 10.3. The van der Waals surface area contributed by atoms with Crippen molar-refractivity contribution >= 4 is 31.9 Å². The van der Waals surface area contributed by atoms with Crippen LogP contribution in [0.3, 0.4) is 0 Å². The van der Waals surface area contributed by atoms with Crippen LogP contribution in [0.4, 0.5) is 4.39 Å². The fraction of sp³-hybridized carbons (Fsp3) is 0.364. The average Bonchev–Trinajstić information content (AvgIpc) is 2.34. The smallest absolute Gasteiger partial charge is 0.321 e. The third-order valence-electron chi connectivity index (χ3n) is 2.40. The highest BCUT2D eigenvalue weighted by Gasteiger charge is 2.27. The van der Waals surface area contributed by atoms with E-state index in [1.807, 2.05) is 0 Å². The lowest BCUT2D eigenvalue weighted by Gasteiger charge is -2.19. The van der Waals surface area contributed by atoms with Gasteiger partial charge in [-0.05, 0) is 34.1 Å². The molecule has 0 bridgehead atoms. The number of rotatable bonds is 5. The Hall–Kier alpha value is -0.990. The van der Waals surface area contributed by atoms with Gasteiger partial charge in [0.1, 0.15) is 12.4 Å². The molecule has 1 aromatic carbocycles. The van der Waals surface area contributed by atoms with E-state index in [1.165, 1.54) is 7.11 Å². The SMILES string of the molecule is CCN(CC(=O)OC)S(=O)(=O)c1ccc(F)cc1Br. The zero-order valence-electron chi connectivity index (χ0n) is 10.4. The molecule has 19 heavy (non-hydrogen) atoms. The number of methoxy groups -OCH3 is 1. The fourth-order valence-electron chi connectivity index (χ4n) is 1.40. The number of carbonyl (C=O) groups excluding carboxylic acids is 1. The predicted octanol–water partition coefficient (Wildman–Crippen LogP) is 1.77. The largest absolute Gasteiger partial charge is 0.468 e. The molecule has 1 rings (SSSR count). The van der Waals surface area contributed by atoms with Gasteiger partial charge < -0.3 is 4.74 Å². The van der Waals surface area contributed by atoms with Crippen molar-refractivity contribution in [2.75, 3.05) is 20.2 Å². The highest BCUT2D eigenvalue weighted by molar-refractivity contribution is 9.10. The third-order valence-corrected chi connectivity index (χ3v) is 5.30. The Morgan fingerprint density at radius 1 is 1.47 bits per heavy atom. The first-order valence-electron chi connectivity index (χ1n) is 5.35. The van der Waals surface area contributed by atoms with E-state index in [9.17, 15) is 17.6 Å². The average molecular weight is 354 g/mol. The fourth-order valence-corrected chi connectivity index (χ4v) is 3.80. The minimum atomic E-state index is -3.88. The molecule has 1 aromatic rings. The van der Waals surface area contributed by atoms with E-state index in [4.69, 9.17) is 0 Å². The van der Waals surface area contributed by atoms with Gasteiger partial charge in [-0.25, -0.2) is 12.8 Å². The zero-order chi connectivity index (χ0) is 14.6. The van der Waals surface area contributed by atoms with E-state index in [2.05, 4.69) is 20.7 Å². The van der Waals surface area contributed by atoms with Gasteiger partial charge in [-0.15, -0.1) is 0 Å². The van der Waals surface area contributed by atoms with Crippen LogP contribution in [0.15, 0.2) is 27.6 Å². The quantitative estimate of drug-likeness (QED) is 0.756. The topological polar surface area (TPSA) is 63.7 Å². The second-order valence-corrected chi connectivity index (χ2v) is 6.34. The molecule has 8 heteroatoms. The van der Waals surface area contributed by atoms with Crippen LogP contribution in [-0.2, 0) is 19.6 Å². The first-order chi connectivity index (χ1) is 8.82. The van der Waals surface area contributed by atoms with Gasteiger partial charge in [-0.1, -0.05) is 6.92 Å². The van der Waals surface area contributed by atoms with Gasteiger partial charge in [-0.3, -0.25) is 4.79 Å². The van der Waals surface area contributed by atoms with Gasteiger partial charge in [0.2, 0.25) is 10.0 Å². The Morgan fingerprint density at radius 2 is 2.11 bits per heavy atom. The number of carbonyl (C=O) groups is 1. The zero-order valence-corrected chi connectivity index (χ0v) is 12.8. The summed E-state index contributed by atoms with van der Waals surface area (Å²) in [6, 6.07) is 3.25. The van der Waals surface area contributed by atoms with Crippen LogP contribution >= 0.6 is 15.9 Å². The van der Waals surface area contributed by atoms with Crippen molar-refractivity contribution in [1.29, 1.82) is 0 Å². The first kappa shape index (κ1) is 16.1. The van der Waals surface area contributed by atoms with Gasteiger partial charge in [-0.2, -0.15) is 4.31 Å². The van der Waals surface area contributed by atoms with Crippen LogP contribution in [0.1, 0.15) is 6.92 Å². The summed E-state index contributed by atoms with van der Waals surface area (Å²) in [5.74, 6) is -1.22. The molecule has 0 spiro atoms. The Kier molecular flexibility index (Phi) is 5.45. The standard InChI is InChI=1S/C11H13BrFNO4S/c1-3-14(7-11(15)18-2)19(16,17)10-5-4-8(13)6-9(10)12/h4-6H,3,7H2,1-2H3. The van der Waals surface area contributed by atoms with E-state index in [0.29, 0.717) is 0 Å². The van der Waals surface area contributed by atoms with Crippen LogP contribution in [0, 0.1) is 5.82 Å². The maximum absolute atomic E-state index is 13.0. The number of hydrogen-bond donors (Lipinski definition) is 0. The second-order valence-electron chi connectivity index (χ2n) is 3.58. The van der Waals surface area contributed by atoms with Crippen LogP contribution in [-0.4, -0.2) is 38.9 Å². The van der Waals surface area contributed by atoms with Crippen LogP contribution in [0.5, 0.6) is 0 Å². The number of esters is 1. The van der Waals surface area contributed by atoms with Crippen molar-refractivity contribution in [3.8, 4) is 0 Å². The summed E-state index contributed by atoms with van der Waals surface area (Å²) in [6.07, 6.45) is 0. The number of halogens is 2. The van der Waals surface area contributed by atoms with Crippen LogP contribution in [0.2, 0.25) is 0 Å². The molecule has 106 valence electrons. The normalized spacial score (nSPS) is 11.6. The molecular formula is C11H13BrFNO4S. The maximum Gasteiger partial charge on any atom is 0.321 e. The van der Waals surface area contributed by atoms with Gasteiger partial charge in [0.05, 0.1) is 12.0 Å². The number of benzene rings is 1. The van der Waals surface area contributed by atoms with Gasteiger partial charge in [0, 0.05) is 11.0 Å². The second kappa shape index (κ2) is 6.44. The molecular weight excluding hydrogens is 341 g/mol. The molecule has 0 aliphatic carbocycles. The molecule has 0 saturated carbocycles. The Labute approximate surface area is 119 Å². The van der Waals surface area contributed by atoms with Crippen LogP contribution in [0.25, 0.3) is 0 Å². The molecule has 0 aliphatic heterocycles. The number of ether oxygens (including phenoxy) is 1. The minimum absolute atomic E-state index is 0.0975. The molecule has 5 nitrogen and oxygen atoms in total. The Morgan fingerprint density at radius 3 is 2.58 bits per heavy atom. The monoisotopic (exact) mass is 353 g/mol. The van der Waals surface area contributed by atoms with Crippen LogP contribution < -0.4 is 0 Å². The number of nitrogens with zero attached hydrogens (tertiary/aromatic N) is 1. The first-order valence-corrected chi connectivity index (χ1v) is 7.58. The number of hydrogen-bond acceptors (Lipinski definition) is 4. The summed E-state index contributed by atoms with van der Waals surface area (Å²) in [6.45, 7) is 1.30. The van der Waals surface area contributed by atoms with Crippen molar-refractivity contribution in [3.63, 3.8) is 0 Å². The van der Waals surface area contributed by atoms with Crippen molar-refractivity contribution in [2.24, 2.45) is 0 Å². The highest BCUT2D eigenvalue weighted by Crippen LogP contribution is 2.25. The summed E-state index contributed by atoms with van der Waals surface area (Å²) in [4.78, 5) is 11.1. The van der Waals surface area contributed by atoms with E-state index in [-0.39, 0.29) is 22.5 Å². The Bertz CT molecular complexity index is 576. The third kappa shape index (κ3) is 3.74. The highest BCUT2D eigenvalue weighted by atomic mass is 79.9. The minimum Gasteiger partial charge on any atom is -0.468 e. The molecule has 0 aliphatic rings. The molecule has 0 heterocycles. The maximum atomic E-state index is 13.0. The van der Waals surface area contributed by atoms with Crippen molar-refractivity contribution in [2.45, 2.75) is 11.8 Å². The Balaban J connectivity index is 3.17. The van der Waals surface area contributed by atoms with E-state index in [1.54, 1.807) is 6.92 Å². The molecule has 0 fully saturated rings. The molecule has 0 amide bonds. The number of sulfonamides is 1. The van der Waals surface area contributed by atoms with Crippen molar-refractivity contribution < 1.29 is 22.3 Å². The summed E-state index contributed by atoms with van der Waals surface area (Å²) in [7, 11) is -2.71. The molecule has 0 atom stereocenters. The van der Waals surface area contributed by atoms with E-state index < -0.39 is 21.8 Å². The lowest BCUT2D eigenvalue weighted by molar-refractivity contribution is -0.140. The van der Waals surface area contributed by atoms with Crippen molar-refractivity contribution in [1.82, 2.24) is 4.31 Å². The van der Waals surface area contributed by atoms with Gasteiger partial charge in [0.25, 0.3) is 0 Å². The summed E-state index contributed by atoms with van der Waals surface area (Å²) in [5.41, 5.74) is 0. The van der Waals surface area contributed by atoms with Gasteiger partial charge in [0.15, 0.2) is 0 Å². The number of likely N-dealkylation sites (N-methyl/N-ethyl adjacent to an activating group) is 1. The van der Waals surface area contributed by atoms with Crippen molar-refractivity contribution in [3.05, 3.63) is 28.5 Å². The molecule has 0 radical (unpaired) electrons.